The molecule has 0 aliphatic carbocycles. The van der Waals surface area contributed by atoms with Crippen molar-refractivity contribution < 1.29 is 8.42 Å². The highest BCUT2D eigenvalue weighted by Crippen LogP contribution is 2.28. The van der Waals surface area contributed by atoms with Gasteiger partial charge in [0.2, 0.25) is 10.0 Å². The van der Waals surface area contributed by atoms with Gasteiger partial charge in [0.05, 0.1) is 5.75 Å². The summed E-state index contributed by atoms with van der Waals surface area (Å²) >= 11 is 0. The third-order valence-corrected chi connectivity index (χ3v) is 8.23. The van der Waals surface area contributed by atoms with E-state index in [-0.39, 0.29) is 0 Å². The number of hydrogen-bond acceptors (Lipinski definition) is 7. The van der Waals surface area contributed by atoms with Gasteiger partial charge in [0.15, 0.2) is 11.5 Å². The van der Waals surface area contributed by atoms with Gasteiger partial charge in [-0.05, 0) is 50.9 Å². The van der Waals surface area contributed by atoms with Crippen molar-refractivity contribution in [3.63, 3.8) is 0 Å². The minimum absolute atomic E-state index is 0.307. The van der Waals surface area contributed by atoms with Crippen LogP contribution in [0.4, 0.5) is 5.82 Å². The lowest BCUT2D eigenvalue weighted by molar-refractivity contribution is 0.197. The molecular weight excluding hydrogens is 378 g/mol. The van der Waals surface area contributed by atoms with Crippen LogP contribution in [0.5, 0.6) is 0 Å². The molecule has 0 radical (unpaired) electrons. The minimum atomic E-state index is -2.99. The van der Waals surface area contributed by atoms with Crippen LogP contribution in [0.15, 0.2) is 12.1 Å². The molecule has 2 aromatic rings. The van der Waals surface area contributed by atoms with Crippen molar-refractivity contribution in [1.82, 2.24) is 29.0 Å². The van der Waals surface area contributed by atoms with Crippen molar-refractivity contribution in [2.45, 2.75) is 31.6 Å². The van der Waals surface area contributed by atoms with E-state index in [0.29, 0.717) is 24.8 Å². The zero-order chi connectivity index (χ0) is 19.1. The molecule has 5 heterocycles. The second-order valence-corrected chi connectivity index (χ2v) is 10.1. The largest absolute Gasteiger partial charge is 0.355 e. The normalized spacial score (nSPS) is 24.1. The Kier molecular flexibility index (Phi) is 4.72. The first kappa shape index (κ1) is 18.3. The lowest BCUT2D eigenvalue weighted by Crippen LogP contribution is -2.40. The molecule has 3 aliphatic rings. The molecule has 3 aliphatic heterocycles. The summed E-state index contributed by atoms with van der Waals surface area (Å²) in [6.45, 7) is 6.15. The van der Waals surface area contributed by atoms with E-state index in [9.17, 15) is 8.42 Å². The molecule has 152 valence electrons. The summed E-state index contributed by atoms with van der Waals surface area (Å²) in [4.78, 5) is 4.64. The Morgan fingerprint density at radius 2 is 1.79 bits per heavy atom. The molecule has 3 fully saturated rings. The monoisotopic (exact) mass is 405 g/mol. The fourth-order valence-corrected chi connectivity index (χ4v) is 5.89. The van der Waals surface area contributed by atoms with Gasteiger partial charge in [-0.1, -0.05) is 0 Å². The maximum Gasteiger partial charge on any atom is 0.214 e. The minimum Gasteiger partial charge on any atom is -0.355 e. The second-order valence-electron chi connectivity index (χ2n) is 8.04. The summed E-state index contributed by atoms with van der Waals surface area (Å²) in [6.07, 6.45) is 4.00. The number of likely N-dealkylation sites (tertiary alicyclic amines) is 1. The molecule has 0 spiro atoms. The first-order valence-corrected chi connectivity index (χ1v) is 11.9. The Balaban J connectivity index is 1.22. The zero-order valence-corrected chi connectivity index (χ0v) is 16.9. The van der Waals surface area contributed by atoms with E-state index in [1.165, 1.54) is 6.42 Å². The third-order valence-electron chi connectivity index (χ3n) is 6.27. The number of hydrogen-bond donors (Lipinski definition) is 0. The average Bonchev–Trinajstić information content (AvgIpc) is 3.21. The van der Waals surface area contributed by atoms with E-state index in [1.54, 1.807) is 4.31 Å². The maximum absolute atomic E-state index is 11.9. The van der Waals surface area contributed by atoms with Crippen molar-refractivity contribution in [2.75, 3.05) is 56.5 Å². The Labute approximate surface area is 165 Å². The number of aromatic nitrogens is 4. The molecular formula is C18H27N7O2S. The number of nitrogens with zero attached hydrogens (tertiary/aromatic N) is 7. The van der Waals surface area contributed by atoms with E-state index in [4.69, 9.17) is 5.10 Å². The standard InChI is InChI=1S/C18H27N7O2S/c26-28(27)14-2-9-24(28)13-12-22-10-5-15(6-11-22)18-20-19-16-3-4-17(21-25(16)18)23-7-1-8-23/h3-4,15H,1-2,5-14H2. The molecule has 28 heavy (non-hydrogen) atoms. The summed E-state index contributed by atoms with van der Waals surface area (Å²) in [5.74, 6) is 2.62. The summed E-state index contributed by atoms with van der Waals surface area (Å²) in [5.41, 5.74) is 0.806. The van der Waals surface area contributed by atoms with Gasteiger partial charge >= 0.3 is 0 Å². The Bertz CT molecular complexity index is 948. The molecule has 0 unspecified atom stereocenters. The highest BCUT2D eigenvalue weighted by molar-refractivity contribution is 7.89. The predicted molar refractivity (Wildman–Crippen MR) is 106 cm³/mol. The molecule has 0 saturated carbocycles. The highest BCUT2D eigenvalue weighted by atomic mass is 32.2. The Morgan fingerprint density at radius 3 is 2.46 bits per heavy atom. The maximum atomic E-state index is 11.9. The van der Waals surface area contributed by atoms with Gasteiger partial charge in [0, 0.05) is 38.6 Å². The van der Waals surface area contributed by atoms with E-state index in [1.807, 2.05) is 16.6 Å². The number of sulfonamides is 1. The molecule has 2 aromatic heterocycles. The quantitative estimate of drug-likeness (QED) is 0.718. The first-order valence-electron chi connectivity index (χ1n) is 10.3. The van der Waals surface area contributed by atoms with Gasteiger partial charge in [-0.3, -0.25) is 0 Å². The Hall–Kier alpha value is -1.78. The summed E-state index contributed by atoms with van der Waals surface area (Å²) in [7, 11) is -2.99. The molecule has 0 amide bonds. The fourth-order valence-electron chi connectivity index (χ4n) is 4.37. The van der Waals surface area contributed by atoms with Crippen molar-refractivity contribution in [3.05, 3.63) is 18.0 Å². The lowest BCUT2D eigenvalue weighted by atomic mass is 9.96. The van der Waals surface area contributed by atoms with Gasteiger partial charge < -0.3 is 9.80 Å². The van der Waals surface area contributed by atoms with Crippen LogP contribution >= 0.6 is 0 Å². The van der Waals surface area contributed by atoms with Crippen molar-refractivity contribution in [1.29, 1.82) is 0 Å². The predicted octanol–water partition coefficient (Wildman–Crippen LogP) is 0.549. The fraction of sp³-hybridized carbons (Fsp3) is 0.722. The Morgan fingerprint density at radius 1 is 0.964 bits per heavy atom. The summed E-state index contributed by atoms with van der Waals surface area (Å²) in [6, 6.07) is 4.03. The SMILES string of the molecule is O=S1(=O)CCCN1CCN1CCC(c2nnc3ccc(N4CCC4)nn23)CC1. The molecule has 5 rings (SSSR count). The summed E-state index contributed by atoms with van der Waals surface area (Å²) in [5, 5.41) is 13.5. The van der Waals surface area contributed by atoms with Crippen LogP contribution in [0.3, 0.4) is 0 Å². The van der Waals surface area contributed by atoms with Gasteiger partial charge in [-0.25, -0.2) is 12.7 Å². The highest BCUT2D eigenvalue weighted by Gasteiger charge is 2.30. The smallest absolute Gasteiger partial charge is 0.214 e. The number of rotatable bonds is 5. The van der Waals surface area contributed by atoms with Gasteiger partial charge in [0.25, 0.3) is 0 Å². The average molecular weight is 406 g/mol. The molecule has 0 N–H and O–H groups in total. The van der Waals surface area contributed by atoms with Crippen LogP contribution in [0.25, 0.3) is 5.65 Å². The molecule has 0 aromatic carbocycles. The van der Waals surface area contributed by atoms with Crippen LogP contribution < -0.4 is 4.90 Å². The second kappa shape index (κ2) is 7.23. The van der Waals surface area contributed by atoms with E-state index in [2.05, 4.69) is 20.0 Å². The van der Waals surface area contributed by atoms with Crippen LogP contribution in [0.2, 0.25) is 0 Å². The van der Waals surface area contributed by atoms with E-state index < -0.39 is 10.0 Å². The van der Waals surface area contributed by atoms with E-state index >= 15 is 0 Å². The molecule has 3 saturated heterocycles. The van der Waals surface area contributed by atoms with Crippen molar-refractivity contribution in [3.8, 4) is 0 Å². The molecule has 9 nitrogen and oxygen atoms in total. The van der Waals surface area contributed by atoms with E-state index in [0.717, 1.165) is 69.3 Å². The van der Waals surface area contributed by atoms with Crippen molar-refractivity contribution in [2.24, 2.45) is 0 Å². The van der Waals surface area contributed by atoms with Gasteiger partial charge in [-0.15, -0.1) is 15.3 Å². The number of fused-ring (bicyclic) bond motifs is 1. The van der Waals surface area contributed by atoms with Gasteiger partial charge in [0.1, 0.15) is 5.82 Å². The van der Waals surface area contributed by atoms with Gasteiger partial charge in [-0.2, -0.15) is 4.52 Å². The molecule has 0 atom stereocenters. The van der Waals surface area contributed by atoms with Crippen LogP contribution in [0.1, 0.15) is 37.4 Å². The van der Waals surface area contributed by atoms with Crippen LogP contribution in [-0.2, 0) is 10.0 Å². The number of piperidine rings is 1. The van der Waals surface area contributed by atoms with Crippen molar-refractivity contribution >= 4 is 21.5 Å². The number of anilines is 1. The lowest BCUT2D eigenvalue weighted by Gasteiger charge is -2.32. The van der Waals surface area contributed by atoms with Crippen LogP contribution in [0, 0.1) is 0 Å². The topological polar surface area (TPSA) is 86.9 Å². The first-order chi connectivity index (χ1) is 13.6. The zero-order valence-electron chi connectivity index (χ0n) is 16.1. The third kappa shape index (κ3) is 3.37. The molecule has 0 bridgehead atoms. The summed E-state index contributed by atoms with van der Waals surface area (Å²) < 4.78 is 27.5. The van der Waals surface area contributed by atoms with Crippen LogP contribution in [-0.4, -0.2) is 89.0 Å². The molecule has 10 heteroatoms.